The fourth-order valence-corrected chi connectivity index (χ4v) is 6.06. The monoisotopic (exact) mass is 572 g/mol. The second-order valence-electron chi connectivity index (χ2n) is 9.22. The highest BCUT2D eigenvalue weighted by Gasteiger charge is 2.16. The molecule has 0 aliphatic carbocycles. The average Bonchev–Trinajstić information content (AvgIpc) is 3.81. The molecule has 0 radical (unpaired) electrons. The van der Waals surface area contributed by atoms with Crippen LogP contribution in [0, 0.1) is 0 Å². The largest absolute Gasteiger partial charge is 0.455 e. The zero-order valence-corrected chi connectivity index (χ0v) is 21.8. The van der Waals surface area contributed by atoms with Crippen molar-refractivity contribution in [3.05, 3.63) is 133 Å². The molecule has 0 saturated heterocycles. The Morgan fingerprint density at radius 1 is 0.619 bits per heavy atom. The predicted molar refractivity (Wildman–Crippen MR) is 176 cm³/mol. The number of hydrogen-bond donors (Lipinski definition) is 0. The summed E-state index contributed by atoms with van der Waals surface area (Å²) in [5, 5.41) is -0.490. The van der Waals surface area contributed by atoms with E-state index in [-0.39, 0.29) is 66.7 Å². The summed E-state index contributed by atoms with van der Waals surface area (Å²) in [6.07, 6.45) is 1.15. The number of para-hydroxylation sites is 2. The summed E-state index contributed by atoms with van der Waals surface area (Å²) in [6, 6.07) is -5.63. The van der Waals surface area contributed by atoms with Gasteiger partial charge in [-0.2, -0.15) is 0 Å². The normalized spacial score (nSPS) is 17.8. The summed E-state index contributed by atoms with van der Waals surface area (Å²) in [6.45, 7) is 0. The Kier molecular flexibility index (Phi) is 2.57. The summed E-state index contributed by atoms with van der Waals surface area (Å²) < 4.78 is 162. The molecule has 0 atom stereocenters. The second kappa shape index (κ2) is 9.10. The summed E-state index contributed by atoms with van der Waals surface area (Å²) in [5.41, 5.74) is -1.38. The van der Waals surface area contributed by atoms with Crippen molar-refractivity contribution >= 4 is 64.4 Å². The highest BCUT2D eigenvalue weighted by molar-refractivity contribution is 7.26. The molecule has 3 aromatic heterocycles. The molecule has 9 aromatic rings. The van der Waals surface area contributed by atoms with Crippen molar-refractivity contribution in [2.24, 2.45) is 0 Å². The van der Waals surface area contributed by atoms with E-state index in [1.54, 1.807) is 18.2 Å². The third kappa shape index (κ3) is 3.59. The molecule has 0 amide bonds. The van der Waals surface area contributed by atoms with Gasteiger partial charge in [0.2, 0.25) is 0 Å². The lowest BCUT2D eigenvalue weighted by Crippen LogP contribution is -1.87. The first-order valence-corrected chi connectivity index (χ1v) is 13.3. The fourth-order valence-electron chi connectivity index (χ4n) is 4.93. The van der Waals surface area contributed by atoms with Gasteiger partial charge in [0, 0.05) is 32.0 Å². The second-order valence-corrected chi connectivity index (χ2v) is 10.3. The molecule has 0 fully saturated rings. The molecular weight excluding hydrogens is 532 g/mol. The molecule has 3 heterocycles. The van der Waals surface area contributed by atoms with E-state index in [0.717, 1.165) is 17.7 Å². The zero-order chi connectivity index (χ0) is 43.3. The highest BCUT2D eigenvalue weighted by Crippen LogP contribution is 2.41. The van der Waals surface area contributed by atoms with E-state index in [9.17, 15) is 1.37 Å². The molecule has 0 bridgehead atoms. The number of nitrogens with zero attached hydrogens (tertiary/aromatic N) is 2. The van der Waals surface area contributed by atoms with Crippen LogP contribution in [-0.2, 0) is 0 Å². The summed E-state index contributed by atoms with van der Waals surface area (Å²) in [4.78, 5) is 8.88. The zero-order valence-electron chi connectivity index (χ0n) is 39.0. The maximum Gasteiger partial charge on any atom is 0.143 e. The average molecular weight is 573 g/mol. The van der Waals surface area contributed by atoms with Crippen molar-refractivity contribution in [3.63, 3.8) is 0 Å². The molecule has 42 heavy (non-hydrogen) atoms. The molecule has 0 saturated carbocycles. The maximum absolute atomic E-state index is 9.47. The van der Waals surface area contributed by atoms with Crippen LogP contribution in [0.3, 0.4) is 0 Å². The van der Waals surface area contributed by atoms with Crippen LogP contribution in [0.1, 0.15) is 24.7 Å². The van der Waals surface area contributed by atoms with E-state index < -0.39 is 114 Å². The Balaban J connectivity index is 1.31. The van der Waals surface area contributed by atoms with E-state index in [4.69, 9.17) is 27.7 Å². The first-order valence-electron chi connectivity index (χ1n) is 21.5. The van der Waals surface area contributed by atoms with Crippen LogP contribution in [0.15, 0.2) is 138 Å². The Morgan fingerprint density at radius 2 is 1.45 bits per heavy atom. The molecule has 196 valence electrons. The number of benzene rings is 6. The summed E-state index contributed by atoms with van der Waals surface area (Å²) in [5.74, 6) is 0. The maximum atomic E-state index is 9.47. The molecular formula is C38H22N2OS. The minimum absolute atomic E-state index is 0.0137. The van der Waals surface area contributed by atoms with Gasteiger partial charge in [-0.05, 0) is 57.7 Å². The van der Waals surface area contributed by atoms with Gasteiger partial charge in [-0.1, -0.05) is 96.7 Å². The Bertz CT molecular complexity index is 3490. The molecule has 0 spiro atoms. The highest BCUT2D eigenvalue weighted by atomic mass is 32.1. The van der Waals surface area contributed by atoms with Gasteiger partial charge in [0.15, 0.2) is 0 Å². The Morgan fingerprint density at radius 3 is 2.43 bits per heavy atom. The van der Waals surface area contributed by atoms with Gasteiger partial charge in [0.05, 0.1) is 40.6 Å². The molecule has 6 aromatic carbocycles. The van der Waals surface area contributed by atoms with Crippen LogP contribution in [0.5, 0.6) is 0 Å². The molecule has 0 N–H and O–H groups in total. The molecule has 9 rings (SSSR count). The summed E-state index contributed by atoms with van der Waals surface area (Å²) >= 11 is 1.14. The van der Waals surface area contributed by atoms with Gasteiger partial charge in [-0.3, -0.25) is 0 Å². The van der Waals surface area contributed by atoms with Crippen molar-refractivity contribution in [1.82, 2.24) is 9.97 Å². The van der Waals surface area contributed by atoms with Gasteiger partial charge >= 0.3 is 0 Å². The lowest BCUT2D eigenvalue weighted by atomic mass is 9.99. The van der Waals surface area contributed by atoms with Crippen molar-refractivity contribution in [1.29, 1.82) is 0 Å². The number of hydrogen-bond acceptors (Lipinski definition) is 4. The van der Waals surface area contributed by atoms with Crippen molar-refractivity contribution in [2.75, 3.05) is 0 Å². The van der Waals surface area contributed by atoms with Crippen LogP contribution < -0.4 is 0 Å². The van der Waals surface area contributed by atoms with Gasteiger partial charge in [0.1, 0.15) is 17.5 Å². The first kappa shape index (κ1) is 11.9. The van der Waals surface area contributed by atoms with Gasteiger partial charge in [-0.15, -0.1) is 11.3 Å². The third-order valence-electron chi connectivity index (χ3n) is 6.84. The van der Waals surface area contributed by atoms with E-state index in [1.807, 2.05) is 0 Å². The molecule has 0 aliphatic rings. The van der Waals surface area contributed by atoms with Crippen molar-refractivity contribution < 1.29 is 29.1 Å². The number of thiophene rings is 1. The van der Waals surface area contributed by atoms with Crippen molar-refractivity contribution in [3.8, 4) is 33.5 Å². The fraction of sp³-hybridized carbons (Fsp3) is 0. The molecule has 3 nitrogen and oxygen atoms in total. The van der Waals surface area contributed by atoms with E-state index >= 15 is 0 Å². The lowest BCUT2D eigenvalue weighted by molar-refractivity contribution is 0.670. The quantitative estimate of drug-likeness (QED) is 0.211. The van der Waals surface area contributed by atoms with Gasteiger partial charge in [0.25, 0.3) is 0 Å². The molecule has 0 unspecified atom stereocenters. The van der Waals surface area contributed by atoms with Gasteiger partial charge < -0.3 is 4.42 Å². The van der Waals surface area contributed by atoms with Crippen molar-refractivity contribution in [2.45, 2.75) is 0 Å². The standard InChI is InChI=1S/C38H22N2OS/c1-2-8-24-19-25(16-15-23(24)7-1)26-17-18-34-32(21-26)36-38(42-34)35(39-22-40-36)28-10-5-9-27(20-28)29-12-6-13-31-30-11-3-4-14-33(30)41-37(29)31/h1-22H/i1D,2D,3D,4D,5D,6D,7D,8D,9D,10D,11D,12D,13D,14D,15D,16D,19D,20D. The van der Waals surface area contributed by atoms with E-state index in [2.05, 4.69) is 9.97 Å². The summed E-state index contributed by atoms with van der Waals surface area (Å²) in [7, 11) is 0. The minimum atomic E-state index is -0.699. The van der Waals surface area contributed by atoms with E-state index in [0.29, 0.717) is 14.8 Å². The topological polar surface area (TPSA) is 38.9 Å². The number of rotatable bonds is 3. The Hall–Kier alpha value is -5.32. The smallest absolute Gasteiger partial charge is 0.143 e. The Labute approximate surface area is 270 Å². The minimum Gasteiger partial charge on any atom is -0.455 e. The van der Waals surface area contributed by atoms with Crippen LogP contribution in [-0.4, -0.2) is 9.97 Å². The number of fused-ring (bicyclic) bond motifs is 7. The molecule has 4 heteroatoms. The first-order chi connectivity index (χ1) is 28.3. The van der Waals surface area contributed by atoms with Crippen LogP contribution in [0.25, 0.3) is 86.5 Å². The lowest BCUT2D eigenvalue weighted by Gasteiger charge is -2.07. The number of furan rings is 1. The van der Waals surface area contributed by atoms with Crippen LogP contribution in [0.4, 0.5) is 0 Å². The van der Waals surface area contributed by atoms with Gasteiger partial charge in [-0.25, -0.2) is 9.97 Å². The van der Waals surface area contributed by atoms with Crippen LogP contribution in [0.2, 0.25) is 0 Å². The van der Waals surface area contributed by atoms with Crippen LogP contribution >= 0.6 is 11.3 Å². The number of aromatic nitrogens is 2. The molecule has 0 aliphatic heterocycles. The SMILES string of the molecule is [2H]c1c([2H])c(-c2c([2H])c([2H])c([2H])c3c2oc2c([2H])c([2H])c([2H])c([2H])c23)c([2H])c(-c2ncnc3c2sc2ccc(-c4c([2H])c([2H])c5c([2H])c([2H])c([2H])c([2H])c5c4[2H])cc23)c1[2H]. The predicted octanol–water partition coefficient (Wildman–Crippen LogP) is 10.9. The third-order valence-corrected chi connectivity index (χ3v) is 8.00. The van der Waals surface area contributed by atoms with E-state index in [1.165, 1.54) is 0 Å².